The van der Waals surface area contributed by atoms with Gasteiger partial charge < -0.3 is 9.80 Å². The van der Waals surface area contributed by atoms with Gasteiger partial charge in [0.15, 0.2) is 0 Å². The van der Waals surface area contributed by atoms with E-state index in [0.29, 0.717) is 5.92 Å². The van der Waals surface area contributed by atoms with E-state index in [-0.39, 0.29) is 0 Å². The summed E-state index contributed by atoms with van der Waals surface area (Å²) in [6.45, 7) is 21.9. The number of aryl methyl sites for hydroxylation is 6. The second-order valence-corrected chi connectivity index (χ2v) is 8.52. The lowest BCUT2D eigenvalue weighted by molar-refractivity contribution is 0.832. The molecule has 146 valence electrons. The van der Waals surface area contributed by atoms with Gasteiger partial charge in [0.2, 0.25) is 6.67 Å². The highest BCUT2D eigenvalue weighted by atomic mass is 15.4. The van der Waals surface area contributed by atoms with Crippen LogP contribution in [0.2, 0.25) is 0 Å². The van der Waals surface area contributed by atoms with Crippen LogP contribution in [0.15, 0.2) is 41.8 Å². The predicted octanol–water partition coefficient (Wildman–Crippen LogP) is 6.56. The average molecular weight is 373 g/mol. The maximum atomic E-state index is 3.65. The van der Waals surface area contributed by atoms with E-state index >= 15 is 0 Å². The van der Waals surface area contributed by atoms with Crippen LogP contribution in [0.25, 0.3) is 0 Å². The van der Waals surface area contributed by atoms with Crippen LogP contribution < -0.4 is 9.80 Å². The fourth-order valence-electron chi connectivity index (χ4n) is 4.25. The van der Waals surface area contributed by atoms with E-state index in [9.17, 15) is 0 Å². The second-order valence-electron chi connectivity index (χ2n) is 8.52. The Morgan fingerprint density at radius 1 is 0.821 bits per heavy atom. The Kier molecular flexibility index (Phi) is 5.72. The van der Waals surface area contributed by atoms with Crippen LogP contribution in [0.4, 0.5) is 11.4 Å². The van der Waals surface area contributed by atoms with Crippen molar-refractivity contribution in [1.82, 2.24) is 0 Å². The van der Waals surface area contributed by atoms with E-state index in [2.05, 4.69) is 108 Å². The molecule has 2 nitrogen and oxygen atoms in total. The molecular formula is C26H32N2. The summed E-state index contributed by atoms with van der Waals surface area (Å²) in [5.41, 5.74) is 14.9. The summed E-state index contributed by atoms with van der Waals surface area (Å²) in [4.78, 5) is 4.46. The van der Waals surface area contributed by atoms with Crippen molar-refractivity contribution in [3.05, 3.63) is 81.8 Å². The average Bonchev–Trinajstić information content (AvgIpc) is 2.94. The molecule has 0 N–H and O–H groups in total. The van der Waals surface area contributed by atoms with E-state index in [0.717, 1.165) is 12.2 Å². The Balaban J connectivity index is 2.11. The molecule has 0 bridgehead atoms. The molecule has 0 spiro atoms. The van der Waals surface area contributed by atoms with Crippen LogP contribution in [-0.4, -0.2) is 6.54 Å². The molecule has 0 atom stereocenters. The minimum atomic E-state index is 0.464. The van der Waals surface area contributed by atoms with Gasteiger partial charge in [-0.25, -0.2) is 0 Å². The van der Waals surface area contributed by atoms with Crippen LogP contribution in [0.5, 0.6) is 0 Å². The molecule has 3 rings (SSSR count). The molecule has 2 aromatic carbocycles. The molecular weight excluding hydrogens is 340 g/mol. The van der Waals surface area contributed by atoms with E-state index < -0.39 is 0 Å². The lowest BCUT2D eigenvalue weighted by Gasteiger charge is -2.24. The Hall–Kier alpha value is -2.44. The van der Waals surface area contributed by atoms with Gasteiger partial charge >= 0.3 is 0 Å². The summed E-state index contributed by atoms with van der Waals surface area (Å²) in [6, 6.07) is 9.00. The molecule has 1 fully saturated rings. The molecule has 2 aromatic rings. The molecule has 1 aliphatic rings. The molecule has 1 heterocycles. The van der Waals surface area contributed by atoms with Crippen molar-refractivity contribution in [2.45, 2.75) is 55.4 Å². The van der Waals surface area contributed by atoms with Crippen molar-refractivity contribution in [1.29, 1.82) is 0 Å². The van der Waals surface area contributed by atoms with Gasteiger partial charge in [-0.15, -0.1) is 5.73 Å². The third kappa shape index (κ3) is 4.03. The van der Waals surface area contributed by atoms with E-state index in [1.54, 1.807) is 0 Å². The monoisotopic (exact) mass is 372 g/mol. The zero-order valence-corrected chi connectivity index (χ0v) is 18.6. The normalized spacial score (nSPS) is 14.1. The van der Waals surface area contributed by atoms with Crippen LogP contribution in [0, 0.1) is 54.1 Å². The topological polar surface area (TPSA) is 6.48 Å². The number of hydrogen-bond acceptors (Lipinski definition) is 2. The van der Waals surface area contributed by atoms with Gasteiger partial charge in [-0.3, -0.25) is 0 Å². The van der Waals surface area contributed by atoms with Crippen LogP contribution in [0.1, 0.15) is 47.2 Å². The molecule has 1 aliphatic heterocycles. The maximum Gasteiger partial charge on any atom is 0.214 e. The SMILES string of the molecule is Cc1cc(C)c(N2[C]N(c3c(C)cc(C)cc3C)C(=C=CC(C)C)C2)c(C)c1. The molecule has 0 unspecified atom stereocenters. The number of anilines is 2. The second kappa shape index (κ2) is 7.89. The standard InChI is InChI=1S/C26H32N2/c1-17(2)9-10-24-15-27(25-20(5)11-18(3)12-21(25)6)16-28(24)26-22(7)13-19(4)14-23(26)8/h9,11-14,17H,15H2,1-8H3. The summed E-state index contributed by atoms with van der Waals surface area (Å²) >= 11 is 0. The van der Waals surface area contributed by atoms with Gasteiger partial charge in [-0.2, -0.15) is 0 Å². The molecule has 1 saturated heterocycles. The number of nitrogens with zero attached hydrogens (tertiary/aromatic N) is 2. The first-order valence-corrected chi connectivity index (χ1v) is 10.1. The fraction of sp³-hybridized carbons (Fsp3) is 0.385. The molecule has 28 heavy (non-hydrogen) atoms. The summed E-state index contributed by atoms with van der Waals surface area (Å²) in [7, 11) is 0. The number of benzene rings is 2. The Labute approximate surface area is 171 Å². The van der Waals surface area contributed by atoms with Crippen molar-refractivity contribution < 1.29 is 0 Å². The summed E-state index contributed by atoms with van der Waals surface area (Å²) in [5.74, 6) is 0.464. The van der Waals surface area contributed by atoms with Crippen molar-refractivity contribution in [2.24, 2.45) is 5.92 Å². The molecule has 0 aromatic heterocycles. The van der Waals surface area contributed by atoms with Crippen molar-refractivity contribution in [2.75, 3.05) is 16.3 Å². The zero-order chi connectivity index (χ0) is 20.6. The van der Waals surface area contributed by atoms with Gasteiger partial charge in [0.05, 0.1) is 12.2 Å². The Bertz CT molecular complexity index is 912. The van der Waals surface area contributed by atoms with Crippen molar-refractivity contribution in [3.63, 3.8) is 0 Å². The largest absolute Gasteiger partial charge is 0.334 e. The minimum Gasteiger partial charge on any atom is -0.334 e. The van der Waals surface area contributed by atoms with Crippen molar-refractivity contribution >= 4 is 11.4 Å². The summed E-state index contributed by atoms with van der Waals surface area (Å²) in [6.07, 6.45) is 2.15. The maximum absolute atomic E-state index is 3.65. The molecule has 0 amide bonds. The van der Waals surface area contributed by atoms with E-state index in [4.69, 9.17) is 0 Å². The lowest BCUT2D eigenvalue weighted by Crippen LogP contribution is -2.21. The molecule has 0 saturated carbocycles. The highest BCUT2D eigenvalue weighted by Crippen LogP contribution is 2.38. The van der Waals surface area contributed by atoms with Gasteiger partial charge in [0.1, 0.15) is 0 Å². The smallest absolute Gasteiger partial charge is 0.214 e. The van der Waals surface area contributed by atoms with Gasteiger partial charge in [0.25, 0.3) is 0 Å². The minimum absolute atomic E-state index is 0.464. The van der Waals surface area contributed by atoms with Gasteiger partial charge in [-0.05, 0) is 75.8 Å². The Morgan fingerprint density at radius 2 is 1.29 bits per heavy atom. The number of rotatable bonds is 3. The summed E-state index contributed by atoms with van der Waals surface area (Å²) in [5, 5.41) is 0. The van der Waals surface area contributed by atoms with Crippen LogP contribution in [-0.2, 0) is 0 Å². The first-order valence-electron chi connectivity index (χ1n) is 10.1. The number of hydrogen-bond donors (Lipinski definition) is 0. The summed E-state index contributed by atoms with van der Waals surface area (Å²) < 4.78 is 0. The third-order valence-corrected chi connectivity index (χ3v) is 5.15. The molecule has 2 heteroatoms. The quantitative estimate of drug-likeness (QED) is 0.563. The Morgan fingerprint density at radius 3 is 1.75 bits per heavy atom. The highest BCUT2D eigenvalue weighted by Gasteiger charge is 2.31. The van der Waals surface area contributed by atoms with Gasteiger partial charge in [0, 0.05) is 11.4 Å². The highest BCUT2D eigenvalue weighted by molar-refractivity contribution is 5.72. The van der Waals surface area contributed by atoms with Gasteiger partial charge in [-0.1, -0.05) is 49.2 Å². The third-order valence-electron chi connectivity index (χ3n) is 5.15. The van der Waals surface area contributed by atoms with E-state index in [1.807, 2.05) is 0 Å². The molecule has 0 aliphatic carbocycles. The molecule has 2 radical (unpaired) electrons. The first-order chi connectivity index (χ1) is 13.2. The van der Waals surface area contributed by atoms with E-state index in [1.165, 1.54) is 44.8 Å². The van der Waals surface area contributed by atoms with Crippen LogP contribution >= 0.6 is 0 Å². The first kappa shape index (κ1) is 20.3. The van der Waals surface area contributed by atoms with Crippen LogP contribution in [0.3, 0.4) is 0 Å². The van der Waals surface area contributed by atoms with Crippen molar-refractivity contribution in [3.8, 4) is 0 Å². The lowest BCUT2D eigenvalue weighted by atomic mass is 10.0. The predicted molar refractivity (Wildman–Crippen MR) is 121 cm³/mol. The zero-order valence-electron chi connectivity index (χ0n) is 18.6. The fourth-order valence-corrected chi connectivity index (χ4v) is 4.25.